The van der Waals surface area contributed by atoms with Gasteiger partial charge in [0.05, 0.1) is 5.92 Å². The van der Waals surface area contributed by atoms with Gasteiger partial charge < -0.3 is 5.11 Å². The molecule has 0 spiro atoms. The lowest BCUT2D eigenvalue weighted by Crippen LogP contribution is -2.00. The van der Waals surface area contributed by atoms with Crippen LogP contribution in [0.2, 0.25) is 0 Å². The molecular weight excluding hydrogens is 280 g/mol. The highest BCUT2D eigenvalue weighted by molar-refractivity contribution is 5.47. The van der Waals surface area contributed by atoms with Crippen molar-refractivity contribution >= 4 is 0 Å². The Kier molecular flexibility index (Phi) is 4.45. The van der Waals surface area contributed by atoms with E-state index in [-0.39, 0.29) is 11.7 Å². The van der Waals surface area contributed by atoms with Crippen LogP contribution in [0.4, 0.5) is 0 Å². The predicted octanol–water partition coefficient (Wildman–Crippen LogP) is 4.88. The maximum absolute atomic E-state index is 9.54. The molecule has 112 valence electrons. The fraction of sp³-hybridized carbons (Fsp3) is 0.0909. The molecule has 0 aromatic heterocycles. The van der Waals surface area contributed by atoms with Crippen LogP contribution in [0.15, 0.2) is 78.9 Å². The summed E-state index contributed by atoms with van der Waals surface area (Å²) in [6.07, 6.45) is 0. The van der Waals surface area contributed by atoms with E-state index in [4.69, 9.17) is 0 Å². The molecule has 3 aromatic carbocycles. The normalized spacial score (nSPS) is 11.3. The molecule has 0 amide bonds. The Morgan fingerprint density at radius 2 is 1.43 bits per heavy atom. The molecule has 3 rings (SSSR count). The zero-order valence-corrected chi connectivity index (χ0v) is 13.0. The molecule has 0 radical (unpaired) electrons. The third-order valence-corrected chi connectivity index (χ3v) is 3.86. The lowest BCUT2D eigenvalue weighted by Gasteiger charge is -2.14. The number of aryl methyl sites for hydroxylation is 1. The molecule has 3 aromatic rings. The van der Waals surface area contributed by atoms with Crippen LogP contribution in [0.5, 0.6) is 5.75 Å². The second kappa shape index (κ2) is 6.85. The van der Waals surface area contributed by atoms with Crippen molar-refractivity contribution in [3.63, 3.8) is 0 Å². The summed E-state index contributed by atoms with van der Waals surface area (Å²) in [5.41, 5.74) is 4.50. The number of hydrogen-bond acceptors (Lipinski definition) is 1. The minimum atomic E-state index is -0.0167. The number of phenolic OH excluding ortho intramolecular Hbond substituents is 1. The van der Waals surface area contributed by atoms with Crippen molar-refractivity contribution < 1.29 is 5.11 Å². The van der Waals surface area contributed by atoms with Crippen molar-refractivity contribution in [2.75, 3.05) is 0 Å². The summed E-state index contributed by atoms with van der Waals surface area (Å²) in [5, 5.41) is 9.54. The lowest BCUT2D eigenvalue weighted by atomic mass is 9.88. The van der Waals surface area contributed by atoms with Crippen molar-refractivity contribution in [3.05, 3.63) is 101 Å². The molecule has 0 fully saturated rings. The van der Waals surface area contributed by atoms with E-state index in [1.807, 2.05) is 54.6 Å². The highest BCUT2D eigenvalue weighted by Crippen LogP contribution is 2.28. The zero-order chi connectivity index (χ0) is 16.1. The van der Waals surface area contributed by atoms with Crippen LogP contribution in [-0.4, -0.2) is 5.11 Å². The third-order valence-electron chi connectivity index (χ3n) is 3.86. The zero-order valence-electron chi connectivity index (χ0n) is 13.0. The number of rotatable bonds is 2. The molecule has 0 heterocycles. The van der Waals surface area contributed by atoms with Crippen LogP contribution < -0.4 is 0 Å². The smallest absolute Gasteiger partial charge is 0.115 e. The predicted molar refractivity (Wildman–Crippen MR) is 94.4 cm³/mol. The van der Waals surface area contributed by atoms with Crippen molar-refractivity contribution in [1.29, 1.82) is 0 Å². The van der Waals surface area contributed by atoms with Crippen LogP contribution in [0.1, 0.15) is 28.2 Å². The summed E-state index contributed by atoms with van der Waals surface area (Å²) in [6, 6.07) is 25.6. The van der Waals surface area contributed by atoms with Crippen LogP contribution in [-0.2, 0) is 0 Å². The molecule has 0 aliphatic heterocycles. The second-order valence-corrected chi connectivity index (χ2v) is 5.52. The molecule has 1 heteroatoms. The van der Waals surface area contributed by atoms with Gasteiger partial charge in [-0.25, -0.2) is 0 Å². The summed E-state index contributed by atoms with van der Waals surface area (Å²) in [5.74, 6) is 6.92. The minimum absolute atomic E-state index is 0.0167. The molecule has 0 aliphatic rings. The van der Waals surface area contributed by atoms with Gasteiger partial charge in [-0.1, -0.05) is 66.4 Å². The lowest BCUT2D eigenvalue weighted by molar-refractivity contribution is 0.475. The first-order valence-corrected chi connectivity index (χ1v) is 7.65. The largest absolute Gasteiger partial charge is 0.508 e. The fourth-order valence-electron chi connectivity index (χ4n) is 2.60. The first-order valence-electron chi connectivity index (χ1n) is 7.65. The highest BCUT2D eigenvalue weighted by atomic mass is 16.3. The summed E-state index contributed by atoms with van der Waals surface area (Å²) in [7, 11) is 0. The van der Waals surface area contributed by atoms with E-state index in [1.54, 1.807) is 12.1 Å². The minimum Gasteiger partial charge on any atom is -0.508 e. The SMILES string of the molecule is Cc1ccccc1[C@H](C#Cc1ccccc1)c1ccc(O)cc1. The van der Waals surface area contributed by atoms with Gasteiger partial charge in [0.25, 0.3) is 0 Å². The van der Waals surface area contributed by atoms with Crippen molar-refractivity contribution in [3.8, 4) is 17.6 Å². The highest BCUT2D eigenvalue weighted by Gasteiger charge is 2.13. The molecule has 0 unspecified atom stereocenters. The summed E-state index contributed by atoms with van der Waals surface area (Å²) in [6.45, 7) is 2.10. The Bertz CT molecular complexity index is 836. The first-order chi connectivity index (χ1) is 11.2. The second-order valence-electron chi connectivity index (χ2n) is 5.52. The van der Waals surface area contributed by atoms with Gasteiger partial charge in [-0.05, 0) is 47.9 Å². The van der Waals surface area contributed by atoms with E-state index < -0.39 is 0 Å². The van der Waals surface area contributed by atoms with Crippen molar-refractivity contribution in [2.24, 2.45) is 0 Å². The Hall–Kier alpha value is -2.98. The van der Waals surface area contributed by atoms with Crippen molar-refractivity contribution in [1.82, 2.24) is 0 Å². The quantitative estimate of drug-likeness (QED) is 0.668. The average molecular weight is 298 g/mol. The first kappa shape index (κ1) is 14.9. The molecule has 0 saturated carbocycles. The number of benzene rings is 3. The fourth-order valence-corrected chi connectivity index (χ4v) is 2.60. The number of aromatic hydroxyl groups is 1. The van der Waals surface area contributed by atoms with Crippen LogP contribution >= 0.6 is 0 Å². The summed E-state index contributed by atoms with van der Waals surface area (Å²) >= 11 is 0. The van der Waals surface area contributed by atoms with Crippen LogP contribution in [0.3, 0.4) is 0 Å². The molecule has 1 nitrogen and oxygen atoms in total. The monoisotopic (exact) mass is 298 g/mol. The molecular formula is C22H18O. The molecule has 0 bridgehead atoms. The Morgan fingerprint density at radius 3 is 2.13 bits per heavy atom. The summed E-state index contributed by atoms with van der Waals surface area (Å²) in [4.78, 5) is 0. The number of phenols is 1. The van der Waals surface area contributed by atoms with Gasteiger partial charge in [-0.2, -0.15) is 0 Å². The third kappa shape index (κ3) is 3.62. The van der Waals surface area contributed by atoms with Gasteiger partial charge in [-0.3, -0.25) is 0 Å². The maximum atomic E-state index is 9.54. The van der Waals surface area contributed by atoms with E-state index in [0.29, 0.717) is 0 Å². The molecule has 0 aliphatic carbocycles. The molecule has 1 N–H and O–H groups in total. The van der Waals surface area contributed by atoms with Crippen molar-refractivity contribution in [2.45, 2.75) is 12.8 Å². The van der Waals surface area contributed by atoms with E-state index in [1.165, 1.54) is 11.1 Å². The molecule has 1 atom stereocenters. The molecule has 23 heavy (non-hydrogen) atoms. The van der Waals surface area contributed by atoms with Crippen LogP contribution in [0.25, 0.3) is 0 Å². The number of hydrogen-bond donors (Lipinski definition) is 1. The van der Waals surface area contributed by atoms with Gasteiger partial charge in [0.15, 0.2) is 0 Å². The summed E-state index contributed by atoms with van der Waals surface area (Å²) < 4.78 is 0. The maximum Gasteiger partial charge on any atom is 0.115 e. The Balaban J connectivity index is 2.06. The van der Waals surface area contributed by atoms with E-state index in [9.17, 15) is 5.11 Å². The van der Waals surface area contributed by atoms with E-state index in [0.717, 1.165) is 11.1 Å². The van der Waals surface area contributed by atoms with Gasteiger partial charge in [-0.15, -0.1) is 0 Å². The van der Waals surface area contributed by atoms with E-state index >= 15 is 0 Å². The van der Waals surface area contributed by atoms with Gasteiger partial charge in [0.2, 0.25) is 0 Å². The van der Waals surface area contributed by atoms with Crippen LogP contribution in [0, 0.1) is 18.8 Å². The Labute approximate surface area is 137 Å². The van der Waals surface area contributed by atoms with Gasteiger partial charge in [0, 0.05) is 5.56 Å². The van der Waals surface area contributed by atoms with Gasteiger partial charge in [0.1, 0.15) is 5.75 Å². The topological polar surface area (TPSA) is 20.2 Å². The Morgan fingerprint density at radius 1 is 0.783 bits per heavy atom. The standard InChI is InChI=1S/C22H18O/c1-17-7-5-6-10-21(17)22(19-12-14-20(23)15-13-19)16-11-18-8-3-2-4-9-18/h2-10,12-15,22-23H,1H3/t22-/m1/s1. The average Bonchev–Trinajstić information content (AvgIpc) is 2.59. The van der Waals surface area contributed by atoms with E-state index in [2.05, 4.69) is 30.9 Å². The molecule has 0 saturated heterocycles. The van der Waals surface area contributed by atoms with Gasteiger partial charge >= 0.3 is 0 Å².